The summed E-state index contributed by atoms with van der Waals surface area (Å²) in [5.74, 6) is 0.371. The smallest absolute Gasteiger partial charge is 0.148 e. The third-order valence-corrected chi connectivity index (χ3v) is 3.01. The Hall–Kier alpha value is -0.410. The molecule has 1 atom stereocenters. The molecule has 3 heteroatoms. The van der Waals surface area contributed by atoms with Gasteiger partial charge in [0.1, 0.15) is 5.78 Å². The van der Waals surface area contributed by atoms with Crippen LogP contribution in [0.5, 0.6) is 0 Å². The summed E-state index contributed by atoms with van der Waals surface area (Å²) in [6.45, 7) is 2.37. The summed E-state index contributed by atoms with van der Waals surface area (Å²) in [5, 5.41) is 0. The van der Waals surface area contributed by atoms with Crippen LogP contribution in [0.3, 0.4) is 0 Å². The van der Waals surface area contributed by atoms with E-state index >= 15 is 0 Å². The molecule has 2 fully saturated rings. The highest BCUT2D eigenvalue weighted by atomic mass is 16.1. The third-order valence-electron chi connectivity index (χ3n) is 3.01. The predicted molar refractivity (Wildman–Crippen MR) is 42.2 cm³/mol. The molecule has 2 heterocycles. The van der Waals surface area contributed by atoms with Crippen molar-refractivity contribution in [2.45, 2.75) is 24.8 Å². The van der Waals surface area contributed by atoms with Gasteiger partial charge >= 0.3 is 0 Å². The zero-order valence-corrected chi connectivity index (χ0v) is 6.68. The van der Waals surface area contributed by atoms with Gasteiger partial charge in [0.2, 0.25) is 0 Å². The van der Waals surface area contributed by atoms with E-state index < -0.39 is 0 Å². The maximum Gasteiger partial charge on any atom is 0.148 e. The van der Waals surface area contributed by atoms with Crippen LogP contribution in [0.1, 0.15) is 19.3 Å². The Kier molecular flexibility index (Phi) is 1.51. The summed E-state index contributed by atoms with van der Waals surface area (Å²) in [6, 6.07) is 0. The molecule has 2 aliphatic rings. The topological polar surface area (TPSA) is 46.3 Å². The van der Waals surface area contributed by atoms with Crippen molar-refractivity contribution in [3.8, 4) is 0 Å². The number of nitrogens with zero attached hydrogens (tertiary/aromatic N) is 1. The highest BCUT2D eigenvalue weighted by Gasteiger charge is 2.46. The van der Waals surface area contributed by atoms with Gasteiger partial charge in [-0.2, -0.15) is 0 Å². The number of carbonyl (C=O) groups excluding carboxylic acids is 1. The number of nitrogens with two attached hydrogens (primary N) is 1. The van der Waals surface area contributed by atoms with E-state index in [1.165, 1.54) is 6.42 Å². The maximum absolute atomic E-state index is 11.1. The zero-order valence-electron chi connectivity index (χ0n) is 6.68. The van der Waals surface area contributed by atoms with Crippen LogP contribution in [-0.4, -0.2) is 35.9 Å². The number of rotatable bonds is 1. The molecule has 2 aliphatic heterocycles. The molecule has 0 unspecified atom stereocenters. The van der Waals surface area contributed by atoms with Crippen molar-refractivity contribution in [3.63, 3.8) is 0 Å². The Bertz CT molecular complexity index is 193. The van der Waals surface area contributed by atoms with Gasteiger partial charge in [-0.3, -0.25) is 9.69 Å². The number of carbonyl (C=O) groups is 1. The van der Waals surface area contributed by atoms with Crippen LogP contribution in [0.2, 0.25) is 0 Å². The third kappa shape index (κ3) is 0.914. The fourth-order valence-corrected chi connectivity index (χ4v) is 2.38. The van der Waals surface area contributed by atoms with Gasteiger partial charge in [-0.05, 0) is 19.4 Å². The predicted octanol–water partition coefficient (Wildman–Crippen LogP) is -0.248. The number of hydrogen-bond donors (Lipinski definition) is 1. The molecule has 0 aromatic heterocycles. The molecule has 2 N–H and O–H groups in total. The molecule has 0 radical (unpaired) electrons. The van der Waals surface area contributed by atoms with Crippen LogP contribution < -0.4 is 5.73 Å². The van der Waals surface area contributed by atoms with Gasteiger partial charge in [0.25, 0.3) is 0 Å². The fourth-order valence-electron chi connectivity index (χ4n) is 2.38. The standard InChI is InChI=1S/C8H14N2O/c9-6-8-2-1-3-10(8)5-7(11)4-8/h1-6,9H2/t8-/m1/s1. The van der Waals surface area contributed by atoms with Gasteiger partial charge in [-0.15, -0.1) is 0 Å². The minimum Gasteiger partial charge on any atom is -0.329 e. The zero-order chi connectivity index (χ0) is 7.90. The summed E-state index contributed by atoms with van der Waals surface area (Å²) < 4.78 is 0. The summed E-state index contributed by atoms with van der Waals surface area (Å²) in [7, 11) is 0. The average molecular weight is 154 g/mol. The summed E-state index contributed by atoms with van der Waals surface area (Å²) in [4.78, 5) is 13.4. The molecule has 0 aliphatic carbocycles. The lowest BCUT2D eigenvalue weighted by Crippen LogP contribution is -2.44. The van der Waals surface area contributed by atoms with Crippen molar-refractivity contribution in [1.29, 1.82) is 0 Å². The lowest BCUT2D eigenvalue weighted by atomic mass is 9.94. The molecule has 0 saturated carbocycles. The minimum absolute atomic E-state index is 0.0804. The highest BCUT2D eigenvalue weighted by molar-refractivity contribution is 5.84. The van der Waals surface area contributed by atoms with Crippen molar-refractivity contribution in [1.82, 2.24) is 4.90 Å². The Labute approximate surface area is 66.5 Å². The monoisotopic (exact) mass is 154 g/mol. The Morgan fingerprint density at radius 3 is 3.09 bits per heavy atom. The molecule has 0 bridgehead atoms. The highest BCUT2D eigenvalue weighted by Crippen LogP contribution is 2.35. The van der Waals surface area contributed by atoms with Crippen LogP contribution in [0.4, 0.5) is 0 Å². The van der Waals surface area contributed by atoms with Gasteiger partial charge in [0.15, 0.2) is 0 Å². The summed E-state index contributed by atoms with van der Waals surface area (Å²) >= 11 is 0. The quantitative estimate of drug-likeness (QED) is 0.566. The maximum atomic E-state index is 11.1. The van der Waals surface area contributed by atoms with E-state index in [4.69, 9.17) is 5.73 Å². The van der Waals surface area contributed by atoms with E-state index in [-0.39, 0.29) is 5.54 Å². The van der Waals surface area contributed by atoms with Crippen molar-refractivity contribution in [2.24, 2.45) is 5.73 Å². The number of fused-ring (bicyclic) bond motifs is 1. The average Bonchev–Trinajstić information content (AvgIpc) is 2.43. The van der Waals surface area contributed by atoms with Gasteiger partial charge in [-0.25, -0.2) is 0 Å². The van der Waals surface area contributed by atoms with E-state index in [0.717, 1.165) is 13.0 Å². The Balaban J connectivity index is 2.21. The first-order valence-corrected chi connectivity index (χ1v) is 4.24. The van der Waals surface area contributed by atoms with E-state index in [1.54, 1.807) is 0 Å². The first kappa shape index (κ1) is 7.25. The largest absolute Gasteiger partial charge is 0.329 e. The van der Waals surface area contributed by atoms with Gasteiger partial charge in [-0.1, -0.05) is 0 Å². The molecule has 0 amide bonds. The van der Waals surface area contributed by atoms with Gasteiger partial charge in [0, 0.05) is 18.5 Å². The molecule has 2 saturated heterocycles. The molecule has 3 nitrogen and oxygen atoms in total. The lowest BCUT2D eigenvalue weighted by molar-refractivity contribution is -0.117. The number of Topliss-reactive ketones (excluding diaryl/α,β-unsaturated/α-hetero) is 1. The van der Waals surface area contributed by atoms with E-state index in [0.29, 0.717) is 25.3 Å². The van der Waals surface area contributed by atoms with E-state index in [1.807, 2.05) is 0 Å². The SMILES string of the molecule is NC[C@]12CCCN1CC(=O)C2. The van der Waals surface area contributed by atoms with Crippen LogP contribution in [-0.2, 0) is 4.79 Å². The number of hydrogen-bond acceptors (Lipinski definition) is 3. The summed E-state index contributed by atoms with van der Waals surface area (Å²) in [6.07, 6.45) is 3.03. The van der Waals surface area contributed by atoms with Crippen LogP contribution in [0.15, 0.2) is 0 Å². The molecule has 2 rings (SSSR count). The van der Waals surface area contributed by atoms with Crippen LogP contribution in [0.25, 0.3) is 0 Å². The second kappa shape index (κ2) is 2.29. The number of ketones is 1. The summed E-state index contributed by atoms with van der Waals surface area (Å²) in [5.41, 5.74) is 5.76. The lowest BCUT2D eigenvalue weighted by Gasteiger charge is -2.28. The second-order valence-corrected chi connectivity index (χ2v) is 3.67. The van der Waals surface area contributed by atoms with Gasteiger partial charge < -0.3 is 5.73 Å². The van der Waals surface area contributed by atoms with E-state index in [2.05, 4.69) is 4.90 Å². The molecule has 11 heavy (non-hydrogen) atoms. The van der Waals surface area contributed by atoms with E-state index in [9.17, 15) is 4.79 Å². The first-order chi connectivity index (χ1) is 5.27. The van der Waals surface area contributed by atoms with Crippen molar-refractivity contribution in [3.05, 3.63) is 0 Å². The molecule has 62 valence electrons. The van der Waals surface area contributed by atoms with Crippen LogP contribution >= 0.6 is 0 Å². The normalized spacial score (nSPS) is 38.1. The van der Waals surface area contributed by atoms with Crippen molar-refractivity contribution >= 4 is 5.78 Å². The first-order valence-electron chi connectivity index (χ1n) is 4.24. The molecular formula is C8H14N2O. The molecule has 0 aromatic rings. The Morgan fingerprint density at radius 1 is 1.64 bits per heavy atom. The molecule has 0 spiro atoms. The molecular weight excluding hydrogens is 140 g/mol. The molecule has 0 aromatic carbocycles. The van der Waals surface area contributed by atoms with Crippen LogP contribution in [0, 0.1) is 0 Å². The fraction of sp³-hybridized carbons (Fsp3) is 0.875. The second-order valence-electron chi connectivity index (χ2n) is 3.67. The van der Waals surface area contributed by atoms with Crippen molar-refractivity contribution < 1.29 is 4.79 Å². The van der Waals surface area contributed by atoms with Crippen molar-refractivity contribution in [2.75, 3.05) is 19.6 Å². The minimum atomic E-state index is 0.0804. The van der Waals surface area contributed by atoms with Gasteiger partial charge in [0.05, 0.1) is 6.54 Å². The Morgan fingerprint density at radius 2 is 2.45 bits per heavy atom.